The Morgan fingerprint density at radius 1 is 1.00 bits per heavy atom. The number of hydrogen-bond donors (Lipinski definition) is 0. The van der Waals surface area contributed by atoms with Crippen LogP contribution in [0.1, 0.15) is 5.56 Å². The Kier molecular flexibility index (Phi) is 4.57. The smallest absolute Gasteiger partial charge is 0.151 e. The SMILES string of the molecule is COc1ccc(C=C2SC(=S)N(c3ccccc3)C2=S)cc1. The molecule has 5 heteroatoms. The second-order valence-electron chi connectivity index (χ2n) is 4.63. The molecule has 1 aliphatic rings. The molecule has 1 saturated heterocycles. The largest absolute Gasteiger partial charge is 0.497 e. The number of benzene rings is 2. The maximum Gasteiger partial charge on any atom is 0.151 e. The van der Waals surface area contributed by atoms with Gasteiger partial charge in [-0.3, -0.25) is 4.90 Å². The fraction of sp³-hybridized carbons (Fsp3) is 0.0588. The molecule has 0 spiro atoms. The van der Waals surface area contributed by atoms with Crippen molar-refractivity contribution in [1.29, 1.82) is 0 Å². The number of nitrogens with zero attached hydrogens (tertiary/aromatic N) is 1. The van der Waals surface area contributed by atoms with Gasteiger partial charge in [0.05, 0.1) is 12.0 Å². The summed E-state index contributed by atoms with van der Waals surface area (Å²) >= 11 is 12.6. The highest BCUT2D eigenvalue weighted by Gasteiger charge is 2.29. The molecular formula is C17H13NOS3. The normalized spacial score (nSPS) is 16.4. The highest BCUT2D eigenvalue weighted by Crippen LogP contribution is 2.36. The van der Waals surface area contributed by atoms with E-state index in [1.54, 1.807) is 7.11 Å². The van der Waals surface area contributed by atoms with Crippen molar-refractivity contribution in [3.05, 3.63) is 65.1 Å². The fourth-order valence-electron chi connectivity index (χ4n) is 2.12. The molecule has 2 nitrogen and oxygen atoms in total. The van der Waals surface area contributed by atoms with Crippen molar-refractivity contribution in [2.75, 3.05) is 12.0 Å². The number of thiocarbonyl (C=S) groups is 2. The van der Waals surface area contributed by atoms with Gasteiger partial charge in [-0.2, -0.15) is 0 Å². The highest BCUT2D eigenvalue weighted by atomic mass is 32.2. The van der Waals surface area contributed by atoms with Crippen molar-refractivity contribution in [3.63, 3.8) is 0 Å². The summed E-state index contributed by atoms with van der Waals surface area (Å²) in [7, 11) is 1.66. The van der Waals surface area contributed by atoms with Crippen LogP contribution >= 0.6 is 36.2 Å². The van der Waals surface area contributed by atoms with Gasteiger partial charge in [-0.15, -0.1) is 0 Å². The van der Waals surface area contributed by atoms with Crippen molar-refractivity contribution in [1.82, 2.24) is 0 Å². The molecule has 2 aromatic rings. The minimum atomic E-state index is 0.747. The third kappa shape index (κ3) is 3.06. The summed E-state index contributed by atoms with van der Waals surface area (Å²) < 4.78 is 5.93. The molecule has 0 amide bonds. The second kappa shape index (κ2) is 6.60. The first-order valence-corrected chi connectivity index (χ1v) is 8.29. The van der Waals surface area contributed by atoms with Crippen molar-refractivity contribution < 1.29 is 4.74 Å². The lowest BCUT2D eigenvalue weighted by Gasteiger charge is -2.16. The Balaban J connectivity index is 1.88. The first-order chi connectivity index (χ1) is 10.7. The van der Waals surface area contributed by atoms with E-state index in [9.17, 15) is 0 Å². The molecule has 1 heterocycles. The fourth-order valence-corrected chi connectivity index (χ4v) is 3.93. The van der Waals surface area contributed by atoms with E-state index in [1.165, 1.54) is 11.8 Å². The highest BCUT2D eigenvalue weighted by molar-refractivity contribution is 8.28. The minimum absolute atomic E-state index is 0.747. The molecule has 110 valence electrons. The van der Waals surface area contributed by atoms with Gasteiger partial charge in [0, 0.05) is 5.69 Å². The van der Waals surface area contributed by atoms with Crippen molar-refractivity contribution in [2.24, 2.45) is 0 Å². The molecule has 3 rings (SSSR count). The Labute approximate surface area is 144 Å². The molecule has 22 heavy (non-hydrogen) atoms. The van der Waals surface area contributed by atoms with Crippen LogP contribution in [0.15, 0.2) is 59.5 Å². The molecule has 0 aromatic heterocycles. The number of thioether (sulfide) groups is 1. The zero-order valence-corrected chi connectivity index (χ0v) is 14.3. The molecule has 0 saturated carbocycles. The molecule has 2 aromatic carbocycles. The first-order valence-electron chi connectivity index (χ1n) is 6.66. The number of para-hydroxylation sites is 1. The monoisotopic (exact) mass is 343 g/mol. The third-order valence-corrected chi connectivity index (χ3v) is 5.07. The number of rotatable bonds is 3. The van der Waals surface area contributed by atoms with Gasteiger partial charge in [-0.05, 0) is 35.9 Å². The number of methoxy groups -OCH3 is 1. The quantitative estimate of drug-likeness (QED) is 0.578. The molecule has 0 N–H and O–H groups in total. The van der Waals surface area contributed by atoms with Crippen LogP contribution in [0.3, 0.4) is 0 Å². The summed E-state index contributed by atoms with van der Waals surface area (Å²) in [5.41, 5.74) is 2.08. The van der Waals surface area contributed by atoms with Crippen molar-refractivity contribution >= 4 is 57.3 Å². The van der Waals surface area contributed by atoms with E-state index in [-0.39, 0.29) is 0 Å². The van der Waals surface area contributed by atoms with Crippen LogP contribution in [0.2, 0.25) is 0 Å². The maximum atomic E-state index is 5.59. The van der Waals surface area contributed by atoms with E-state index >= 15 is 0 Å². The Morgan fingerprint density at radius 2 is 1.68 bits per heavy atom. The zero-order valence-electron chi connectivity index (χ0n) is 11.9. The van der Waals surface area contributed by atoms with Gasteiger partial charge >= 0.3 is 0 Å². The maximum absolute atomic E-state index is 5.59. The molecule has 1 aliphatic heterocycles. The lowest BCUT2D eigenvalue weighted by Crippen LogP contribution is -2.25. The van der Waals surface area contributed by atoms with E-state index in [2.05, 4.69) is 6.08 Å². The van der Waals surface area contributed by atoms with Crippen LogP contribution in [0.25, 0.3) is 6.08 Å². The predicted octanol–water partition coefficient (Wildman–Crippen LogP) is 4.90. The third-order valence-electron chi connectivity index (χ3n) is 3.22. The van der Waals surface area contributed by atoms with Gasteiger partial charge in [0.25, 0.3) is 0 Å². The number of anilines is 1. The van der Waals surface area contributed by atoms with E-state index in [1.807, 2.05) is 59.5 Å². The summed E-state index contributed by atoms with van der Waals surface area (Å²) in [4.78, 5) is 3.68. The van der Waals surface area contributed by atoms with Gasteiger partial charge in [0.15, 0.2) is 4.32 Å². The number of ether oxygens (including phenoxy) is 1. The first kappa shape index (κ1) is 15.2. The lowest BCUT2D eigenvalue weighted by atomic mass is 10.2. The standard InChI is InChI=1S/C17H13NOS3/c1-19-14-9-7-12(8-10-14)11-15-16(20)18(17(21)22-15)13-5-3-2-4-6-13/h2-11H,1H3. The van der Waals surface area contributed by atoms with Crippen LogP contribution in [0.5, 0.6) is 5.75 Å². The summed E-state index contributed by atoms with van der Waals surface area (Å²) in [6, 6.07) is 17.8. The van der Waals surface area contributed by atoms with Gasteiger partial charge in [-0.25, -0.2) is 0 Å². The van der Waals surface area contributed by atoms with Crippen molar-refractivity contribution in [2.45, 2.75) is 0 Å². The minimum Gasteiger partial charge on any atom is -0.497 e. The van der Waals surface area contributed by atoms with Gasteiger partial charge in [-0.1, -0.05) is 66.5 Å². The predicted molar refractivity (Wildman–Crippen MR) is 103 cm³/mol. The Morgan fingerprint density at radius 3 is 2.32 bits per heavy atom. The Bertz CT molecular complexity index is 738. The van der Waals surface area contributed by atoms with Gasteiger partial charge in [0.1, 0.15) is 10.7 Å². The van der Waals surface area contributed by atoms with E-state index in [0.29, 0.717) is 0 Å². The molecule has 0 bridgehead atoms. The summed E-state index contributed by atoms with van der Waals surface area (Å²) in [6.45, 7) is 0. The lowest BCUT2D eigenvalue weighted by molar-refractivity contribution is 0.415. The van der Waals surface area contributed by atoms with Crippen LogP contribution in [0, 0.1) is 0 Å². The van der Waals surface area contributed by atoms with Crippen molar-refractivity contribution in [3.8, 4) is 5.75 Å². The van der Waals surface area contributed by atoms with Gasteiger partial charge in [0.2, 0.25) is 0 Å². The number of hydrogen-bond acceptors (Lipinski definition) is 4. The molecule has 0 aliphatic carbocycles. The second-order valence-corrected chi connectivity index (χ2v) is 6.69. The molecular weight excluding hydrogens is 330 g/mol. The van der Waals surface area contributed by atoms with E-state index in [0.717, 1.165) is 31.2 Å². The van der Waals surface area contributed by atoms with E-state index < -0.39 is 0 Å². The molecule has 1 fully saturated rings. The summed E-state index contributed by atoms with van der Waals surface area (Å²) in [5.74, 6) is 0.838. The summed E-state index contributed by atoms with van der Waals surface area (Å²) in [5, 5.41) is 0. The van der Waals surface area contributed by atoms with Crippen LogP contribution in [-0.4, -0.2) is 16.4 Å². The summed E-state index contributed by atoms with van der Waals surface area (Å²) in [6.07, 6.45) is 2.06. The average Bonchev–Trinajstić information content (AvgIpc) is 2.83. The van der Waals surface area contributed by atoms with Crippen LogP contribution < -0.4 is 9.64 Å². The van der Waals surface area contributed by atoms with Crippen LogP contribution in [-0.2, 0) is 0 Å². The zero-order chi connectivity index (χ0) is 15.5. The topological polar surface area (TPSA) is 12.5 Å². The average molecular weight is 343 g/mol. The van der Waals surface area contributed by atoms with Crippen LogP contribution in [0.4, 0.5) is 5.69 Å². The Hall–Kier alpha value is -1.69. The molecule has 0 radical (unpaired) electrons. The van der Waals surface area contributed by atoms with E-state index in [4.69, 9.17) is 29.2 Å². The molecule has 0 atom stereocenters. The van der Waals surface area contributed by atoms with Gasteiger partial charge < -0.3 is 4.74 Å². The molecule has 0 unspecified atom stereocenters.